The number of nitrogens with zero attached hydrogens (tertiary/aromatic N) is 3. The number of hydrogen-bond donors (Lipinski definition) is 0. The Bertz CT molecular complexity index is 1140. The van der Waals surface area contributed by atoms with Crippen LogP contribution >= 0.6 is 11.6 Å². The van der Waals surface area contributed by atoms with Crippen LogP contribution in [0.3, 0.4) is 0 Å². The van der Waals surface area contributed by atoms with Gasteiger partial charge in [-0.2, -0.15) is 4.31 Å². The molecule has 5 aliphatic rings. The Balaban J connectivity index is 1.26. The molecule has 2 bridgehead atoms. The fourth-order valence-corrected chi connectivity index (χ4v) is 8.30. The number of piperazine rings is 1. The van der Waals surface area contributed by atoms with E-state index in [9.17, 15) is 18.0 Å². The maximum atomic E-state index is 14.0. The number of carbonyl (C=O) groups is 2. The van der Waals surface area contributed by atoms with Gasteiger partial charge in [0.15, 0.2) is 0 Å². The van der Waals surface area contributed by atoms with E-state index in [0.29, 0.717) is 37.6 Å². The van der Waals surface area contributed by atoms with Crippen LogP contribution in [0.25, 0.3) is 0 Å². The molecule has 0 spiro atoms. The second-order valence-corrected chi connectivity index (χ2v) is 13.2. The average Bonchev–Trinajstić information content (AvgIpc) is 3.77. The Morgan fingerprint density at radius 3 is 2.22 bits per heavy atom. The van der Waals surface area contributed by atoms with E-state index in [4.69, 9.17) is 21.1 Å². The number of fused-ring (bicyclic) bond motifs is 2. The minimum Gasteiger partial charge on any atom is -0.441 e. The quantitative estimate of drug-likeness (QED) is 0.573. The molecule has 9 nitrogen and oxygen atoms in total. The highest BCUT2D eigenvalue weighted by molar-refractivity contribution is 7.89. The molecule has 4 atom stereocenters. The summed E-state index contributed by atoms with van der Waals surface area (Å²) in [6.07, 6.45) is 4.39. The summed E-state index contributed by atoms with van der Waals surface area (Å²) in [5.41, 5.74) is -0.901. The van der Waals surface area contributed by atoms with Crippen LogP contribution in [0.5, 0.6) is 0 Å². The van der Waals surface area contributed by atoms with Gasteiger partial charge >= 0.3 is 6.09 Å². The van der Waals surface area contributed by atoms with E-state index in [2.05, 4.69) is 0 Å². The third-order valence-corrected chi connectivity index (χ3v) is 10.7. The Kier molecular flexibility index (Phi) is 6.02. The average molecular weight is 538 g/mol. The smallest absolute Gasteiger partial charge is 0.411 e. The molecule has 2 amide bonds. The van der Waals surface area contributed by atoms with Gasteiger partial charge < -0.3 is 14.4 Å². The van der Waals surface area contributed by atoms with Crippen molar-refractivity contribution in [2.75, 3.05) is 26.3 Å². The predicted octanol–water partition coefficient (Wildman–Crippen LogP) is 2.87. The molecule has 1 aromatic rings. The molecular formula is C25H32ClN3O6S. The molecule has 2 aliphatic carbocycles. The summed E-state index contributed by atoms with van der Waals surface area (Å²) in [5, 5.41) is 0.471. The van der Waals surface area contributed by atoms with Gasteiger partial charge in [0.25, 0.3) is 0 Å². The molecule has 3 aliphatic heterocycles. The Morgan fingerprint density at radius 1 is 1.03 bits per heavy atom. The molecule has 1 aromatic carbocycles. The lowest BCUT2D eigenvalue weighted by atomic mass is 10.0. The number of rotatable bonds is 5. The van der Waals surface area contributed by atoms with Gasteiger partial charge in [-0.25, -0.2) is 13.2 Å². The SMILES string of the molecule is CC(=O)N1CC2CCC(C1)N2C(=O)OC1([C@H]2COC[C@@H](C3CC3)N2S(=O)(=O)c2ccc(Cl)cc2)CC1. The van der Waals surface area contributed by atoms with Crippen LogP contribution in [0.1, 0.15) is 45.4 Å². The number of hydrogen-bond acceptors (Lipinski definition) is 6. The summed E-state index contributed by atoms with van der Waals surface area (Å²) < 4.78 is 41.7. The van der Waals surface area contributed by atoms with Crippen molar-refractivity contribution in [2.45, 2.75) is 80.1 Å². The summed E-state index contributed by atoms with van der Waals surface area (Å²) in [4.78, 5) is 29.2. The second-order valence-electron chi connectivity index (χ2n) is 10.9. The minimum absolute atomic E-state index is 0.0205. The lowest BCUT2D eigenvalue weighted by Crippen LogP contribution is -2.62. The monoisotopic (exact) mass is 537 g/mol. The van der Waals surface area contributed by atoms with Crippen LogP contribution in [0, 0.1) is 5.92 Å². The van der Waals surface area contributed by atoms with E-state index < -0.39 is 27.8 Å². The van der Waals surface area contributed by atoms with E-state index in [0.717, 1.165) is 25.7 Å². The van der Waals surface area contributed by atoms with E-state index >= 15 is 0 Å². The van der Waals surface area contributed by atoms with Crippen molar-refractivity contribution in [1.82, 2.24) is 14.1 Å². The van der Waals surface area contributed by atoms with Crippen molar-refractivity contribution in [3.8, 4) is 0 Å². The fraction of sp³-hybridized carbons (Fsp3) is 0.680. The first-order chi connectivity index (χ1) is 17.2. The van der Waals surface area contributed by atoms with E-state index in [1.54, 1.807) is 33.2 Å². The number of morpholine rings is 1. The van der Waals surface area contributed by atoms with Crippen LogP contribution in [-0.2, 0) is 24.3 Å². The van der Waals surface area contributed by atoms with Crippen LogP contribution < -0.4 is 0 Å². The van der Waals surface area contributed by atoms with Crippen molar-refractivity contribution in [3.05, 3.63) is 29.3 Å². The van der Waals surface area contributed by atoms with E-state index in [-0.39, 0.29) is 41.5 Å². The topological polar surface area (TPSA) is 96.5 Å². The number of benzene rings is 1. The zero-order valence-electron chi connectivity index (χ0n) is 20.3. The lowest BCUT2D eigenvalue weighted by Gasteiger charge is -2.45. The first kappa shape index (κ1) is 24.5. The highest BCUT2D eigenvalue weighted by Crippen LogP contribution is 2.51. The molecule has 11 heteroatoms. The summed E-state index contributed by atoms with van der Waals surface area (Å²) in [5.74, 6) is 0.268. The third kappa shape index (κ3) is 4.19. The van der Waals surface area contributed by atoms with Gasteiger partial charge in [-0.05, 0) is 68.7 Å². The van der Waals surface area contributed by atoms with Crippen LogP contribution in [0.4, 0.5) is 4.79 Å². The predicted molar refractivity (Wildman–Crippen MR) is 131 cm³/mol. The van der Waals surface area contributed by atoms with E-state index in [1.165, 1.54) is 12.1 Å². The van der Waals surface area contributed by atoms with Gasteiger partial charge in [0.2, 0.25) is 15.9 Å². The number of ether oxygens (including phenoxy) is 2. The number of sulfonamides is 1. The molecule has 2 unspecified atom stereocenters. The standard InChI is InChI=1S/C25H32ClN3O6S/c1-16(30)27-12-19-6-7-20(13-27)28(19)24(31)35-25(10-11-25)23-15-34-14-22(17-2-3-17)29(23)36(32,33)21-8-4-18(26)5-9-21/h4-5,8-9,17,19-20,22-23H,2-3,6-7,10-15H2,1H3/t19?,20?,22-,23+/m0/s1. The van der Waals surface area contributed by atoms with Crippen molar-refractivity contribution >= 4 is 33.6 Å². The molecule has 3 heterocycles. The maximum Gasteiger partial charge on any atom is 0.411 e. The number of halogens is 1. The molecule has 196 valence electrons. The maximum absolute atomic E-state index is 14.0. The molecule has 6 rings (SSSR count). The largest absolute Gasteiger partial charge is 0.441 e. The van der Waals surface area contributed by atoms with Crippen molar-refractivity contribution in [2.24, 2.45) is 5.92 Å². The molecule has 0 N–H and O–H groups in total. The zero-order valence-corrected chi connectivity index (χ0v) is 21.9. The first-order valence-corrected chi connectivity index (χ1v) is 14.6. The van der Waals surface area contributed by atoms with Gasteiger partial charge in [-0.1, -0.05) is 11.6 Å². The minimum atomic E-state index is -3.87. The van der Waals surface area contributed by atoms with Crippen LogP contribution in [0.15, 0.2) is 29.2 Å². The van der Waals surface area contributed by atoms with Gasteiger partial charge in [-0.3, -0.25) is 9.69 Å². The summed E-state index contributed by atoms with van der Waals surface area (Å²) in [6, 6.07) is 5.24. The van der Waals surface area contributed by atoms with Crippen LogP contribution in [-0.4, -0.2) is 90.6 Å². The molecule has 5 fully saturated rings. The van der Waals surface area contributed by atoms with Gasteiger partial charge in [0.1, 0.15) is 5.60 Å². The van der Waals surface area contributed by atoms with Gasteiger partial charge in [0.05, 0.1) is 42.3 Å². The Labute approximate surface area is 216 Å². The van der Waals surface area contributed by atoms with Crippen molar-refractivity contribution in [1.29, 1.82) is 0 Å². The number of carbonyl (C=O) groups excluding carboxylic acids is 2. The second kappa shape index (κ2) is 8.85. The highest BCUT2D eigenvalue weighted by atomic mass is 35.5. The Morgan fingerprint density at radius 2 is 1.67 bits per heavy atom. The molecule has 3 saturated heterocycles. The normalized spacial score (nSPS) is 31.8. The molecule has 2 saturated carbocycles. The van der Waals surface area contributed by atoms with Gasteiger partial charge in [-0.15, -0.1) is 0 Å². The fourth-order valence-electron chi connectivity index (χ4n) is 6.27. The molecule has 36 heavy (non-hydrogen) atoms. The number of likely N-dealkylation sites (tertiary alicyclic amines) is 1. The van der Waals surface area contributed by atoms with Crippen molar-refractivity contribution < 1.29 is 27.5 Å². The van der Waals surface area contributed by atoms with Crippen molar-refractivity contribution in [3.63, 3.8) is 0 Å². The zero-order chi connectivity index (χ0) is 25.2. The highest BCUT2D eigenvalue weighted by Gasteiger charge is 2.62. The Hall–Kier alpha value is -1.88. The molecule has 0 radical (unpaired) electrons. The first-order valence-electron chi connectivity index (χ1n) is 12.8. The summed E-state index contributed by atoms with van der Waals surface area (Å²) in [7, 11) is -3.87. The summed E-state index contributed by atoms with van der Waals surface area (Å²) in [6.45, 7) is 3.12. The molecule has 0 aromatic heterocycles. The van der Waals surface area contributed by atoms with E-state index in [1.807, 2.05) is 0 Å². The lowest BCUT2D eigenvalue weighted by molar-refractivity contribution is -0.132. The molecular weight excluding hydrogens is 506 g/mol. The van der Waals surface area contributed by atoms with Crippen LogP contribution in [0.2, 0.25) is 5.02 Å². The summed E-state index contributed by atoms with van der Waals surface area (Å²) >= 11 is 6.02. The third-order valence-electron chi connectivity index (χ3n) is 8.53. The number of amides is 2. The van der Waals surface area contributed by atoms with Gasteiger partial charge in [0, 0.05) is 25.0 Å².